The Bertz CT molecular complexity index is 279. The highest BCUT2D eigenvalue weighted by atomic mass is 16.5. The summed E-state index contributed by atoms with van der Waals surface area (Å²) in [6.07, 6.45) is 1.56. The van der Waals surface area contributed by atoms with Gasteiger partial charge >= 0.3 is 5.97 Å². The maximum absolute atomic E-state index is 11.9. The summed E-state index contributed by atoms with van der Waals surface area (Å²) in [7, 11) is 1.52. The number of aliphatic carboxylic acids is 1. The molecule has 0 aromatic rings. The first-order chi connectivity index (χ1) is 7.47. The standard InChI is InChI=1S/C11H19NO4/c1-4-8(11(14)15)12(3)10(13)9-6-5-7(2)16-9/h7-9H,4-6H2,1-3H3,(H,14,15). The van der Waals surface area contributed by atoms with Crippen molar-refractivity contribution >= 4 is 11.9 Å². The van der Waals surface area contributed by atoms with Gasteiger partial charge in [-0.3, -0.25) is 4.79 Å². The van der Waals surface area contributed by atoms with E-state index in [1.165, 1.54) is 11.9 Å². The quantitative estimate of drug-likeness (QED) is 0.777. The third-order valence-electron chi connectivity index (χ3n) is 2.99. The first-order valence-electron chi connectivity index (χ1n) is 5.62. The van der Waals surface area contributed by atoms with Gasteiger partial charge in [0.15, 0.2) is 0 Å². The molecule has 5 heteroatoms. The number of ether oxygens (including phenoxy) is 1. The number of carbonyl (C=O) groups is 2. The van der Waals surface area contributed by atoms with E-state index in [-0.39, 0.29) is 12.0 Å². The number of carboxylic acid groups (broad SMARTS) is 1. The van der Waals surface area contributed by atoms with E-state index in [9.17, 15) is 9.59 Å². The lowest BCUT2D eigenvalue weighted by atomic mass is 10.1. The summed E-state index contributed by atoms with van der Waals surface area (Å²) < 4.78 is 5.43. The molecule has 3 atom stereocenters. The molecule has 0 radical (unpaired) electrons. The lowest BCUT2D eigenvalue weighted by Crippen LogP contribution is -2.46. The van der Waals surface area contributed by atoms with Crippen molar-refractivity contribution in [1.82, 2.24) is 4.90 Å². The molecular weight excluding hydrogens is 210 g/mol. The monoisotopic (exact) mass is 229 g/mol. The van der Waals surface area contributed by atoms with Crippen molar-refractivity contribution in [3.8, 4) is 0 Å². The maximum atomic E-state index is 11.9. The van der Waals surface area contributed by atoms with Crippen molar-refractivity contribution in [1.29, 1.82) is 0 Å². The summed E-state index contributed by atoms with van der Waals surface area (Å²) in [5.74, 6) is -1.19. The van der Waals surface area contributed by atoms with E-state index in [0.29, 0.717) is 12.8 Å². The van der Waals surface area contributed by atoms with Crippen LogP contribution in [0.4, 0.5) is 0 Å². The van der Waals surface area contributed by atoms with E-state index < -0.39 is 18.1 Å². The van der Waals surface area contributed by atoms with Crippen LogP contribution in [0.3, 0.4) is 0 Å². The summed E-state index contributed by atoms with van der Waals surface area (Å²) in [5, 5.41) is 8.95. The van der Waals surface area contributed by atoms with Gasteiger partial charge in [-0.05, 0) is 26.2 Å². The fourth-order valence-corrected chi connectivity index (χ4v) is 1.98. The molecule has 0 aromatic heterocycles. The van der Waals surface area contributed by atoms with Crippen LogP contribution >= 0.6 is 0 Å². The van der Waals surface area contributed by atoms with Crippen molar-refractivity contribution in [2.24, 2.45) is 0 Å². The highest BCUT2D eigenvalue weighted by molar-refractivity contribution is 5.86. The van der Waals surface area contributed by atoms with Crippen LogP contribution in [0.1, 0.15) is 33.1 Å². The molecule has 0 aromatic carbocycles. The predicted octanol–water partition coefficient (Wildman–Crippen LogP) is 0.875. The molecule has 0 aliphatic carbocycles. The molecular formula is C11H19NO4. The van der Waals surface area contributed by atoms with Crippen LogP contribution in [0.2, 0.25) is 0 Å². The van der Waals surface area contributed by atoms with Gasteiger partial charge in [-0.2, -0.15) is 0 Å². The molecule has 0 spiro atoms. The van der Waals surface area contributed by atoms with Gasteiger partial charge in [-0.15, -0.1) is 0 Å². The fraction of sp³-hybridized carbons (Fsp3) is 0.818. The molecule has 1 saturated heterocycles. The van der Waals surface area contributed by atoms with Crippen LogP contribution in [0, 0.1) is 0 Å². The predicted molar refractivity (Wildman–Crippen MR) is 58.1 cm³/mol. The normalized spacial score (nSPS) is 26.4. The van der Waals surface area contributed by atoms with E-state index in [0.717, 1.165) is 6.42 Å². The molecule has 92 valence electrons. The van der Waals surface area contributed by atoms with E-state index in [4.69, 9.17) is 9.84 Å². The second-order valence-electron chi connectivity index (χ2n) is 4.22. The largest absolute Gasteiger partial charge is 0.480 e. The van der Waals surface area contributed by atoms with E-state index in [1.807, 2.05) is 6.92 Å². The Kier molecular flexibility index (Phi) is 4.29. The van der Waals surface area contributed by atoms with E-state index in [1.54, 1.807) is 6.92 Å². The topological polar surface area (TPSA) is 66.8 Å². The number of hydrogen-bond acceptors (Lipinski definition) is 3. The summed E-state index contributed by atoms with van der Waals surface area (Å²) in [4.78, 5) is 24.1. The second kappa shape index (κ2) is 5.30. The summed E-state index contributed by atoms with van der Waals surface area (Å²) in [6.45, 7) is 3.67. The zero-order valence-corrected chi connectivity index (χ0v) is 9.97. The third-order valence-corrected chi connectivity index (χ3v) is 2.99. The van der Waals surface area contributed by atoms with Gasteiger partial charge < -0.3 is 14.7 Å². The van der Waals surface area contributed by atoms with Crippen LogP contribution in [-0.2, 0) is 14.3 Å². The number of rotatable bonds is 4. The zero-order chi connectivity index (χ0) is 12.3. The van der Waals surface area contributed by atoms with Gasteiger partial charge in [0.05, 0.1) is 6.10 Å². The summed E-state index contributed by atoms with van der Waals surface area (Å²) >= 11 is 0. The highest BCUT2D eigenvalue weighted by Crippen LogP contribution is 2.21. The number of carbonyl (C=O) groups excluding carboxylic acids is 1. The zero-order valence-electron chi connectivity index (χ0n) is 9.97. The van der Waals surface area contributed by atoms with Crippen LogP contribution in [-0.4, -0.2) is 47.2 Å². The van der Waals surface area contributed by atoms with Gasteiger partial charge in [-0.25, -0.2) is 4.79 Å². The average Bonchev–Trinajstić information content (AvgIpc) is 2.64. The van der Waals surface area contributed by atoms with Crippen LogP contribution in [0.15, 0.2) is 0 Å². The minimum Gasteiger partial charge on any atom is -0.480 e. The lowest BCUT2D eigenvalue weighted by Gasteiger charge is -2.26. The molecule has 0 bridgehead atoms. The van der Waals surface area contributed by atoms with Crippen molar-refractivity contribution in [3.63, 3.8) is 0 Å². The van der Waals surface area contributed by atoms with Crippen LogP contribution in [0.25, 0.3) is 0 Å². The Morgan fingerprint density at radius 3 is 2.50 bits per heavy atom. The van der Waals surface area contributed by atoms with Gasteiger partial charge in [0.25, 0.3) is 5.91 Å². The van der Waals surface area contributed by atoms with Gasteiger partial charge in [0.2, 0.25) is 0 Å². The Balaban J connectivity index is 2.62. The molecule has 1 rings (SSSR count). The molecule has 0 saturated carbocycles. The molecule has 1 aliphatic heterocycles. The Morgan fingerprint density at radius 2 is 2.12 bits per heavy atom. The van der Waals surface area contributed by atoms with Gasteiger partial charge in [0.1, 0.15) is 12.1 Å². The number of nitrogens with zero attached hydrogens (tertiary/aromatic N) is 1. The first kappa shape index (κ1) is 13.0. The van der Waals surface area contributed by atoms with Crippen molar-refractivity contribution in [2.75, 3.05) is 7.05 Å². The molecule has 5 nitrogen and oxygen atoms in total. The molecule has 1 amide bonds. The number of hydrogen-bond donors (Lipinski definition) is 1. The fourth-order valence-electron chi connectivity index (χ4n) is 1.98. The van der Waals surface area contributed by atoms with E-state index >= 15 is 0 Å². The summed E-state index contributed by atoms with van der Waals surface area (Å²) in [6, 6.07) is -0.757. The number of carboxylic acids is 1. The van der Waals surface area contributed by atoms with Crippen molar-refractivity contribution in [2.45, 2.75) is 51.4 Å². The number of likely N-dealkylation sites (N-methyl/N-ethyl adjacent to an activating group) is 1. The Labute approximate surface area is 95.4 Å². The molecule has 1 fully saturated rings. The SMILES string of the molecule is CCC(C(=O)O)N(C)C(=O)C1CCC(C)O1. The number of amides is 1. The van der Waals surface area contributed by atoms with E-state index in [2.05, 4.69) is 0 Å². The molecule has 1 N–H and O–H groups in total. The first-order valence-corrected chi connectivity index (χ1v) is 5.62. The third kappa shape index (κ3) is 2.72. The van der Waals surface area contributed by atoms with Crippen LogP contribution < -0.4 is 0 Å². The van der Waals surface area contributed by atoms with Crippen LogP contribution in [0.5, 0.6) is 0 Å². The molecule has 1 aliphatic rings. The van der Waals surface area contributed by atoms with Gasteiger partial charge in [-0.1, -0.05) is 6.92 Å². The lowest BCUT2D eigenvalue weighted by molar-refractivity contribution is -0.154. The van der Waals surface area contributed by atoms with Crippen molar-refractivity contribution < 1.29 is 19.4 Å². The smallest absolute Gasteiger partial charge is 0.326 e. The van der Waals surface area contributed by atoms with Gasteiger partial charge in [0, 0.05) is 7.05 Å². The molecule has 16 heavy (non-hydrogen) atoms. The maximum Gasteiger partial charge on any atom is 0.326 e. The van der Waals surface area contributed by atoms with Crippen molar-refractivity contribution in [3.05, 3.63) is 0 Å². The minimum absolute atomic E-state index is 0.0901. The average molecular weight is 229 g/mol. The second-order valence-corrected chi connectivity index (χ2v) is 4.22. The minimum atomic E-state index is -0.968. The molecule has 1 heterocycles. The summed E-state index contributed by atoms with van der Waals surface area (Å²) in [5.41, 5.74) is 0. The Morgan fingerprint density at radius 1 is 1.50 bits per heavy atom. The molecule has 3 unspecified atom stereocenters. The highest BCUT2D eigenvalue weighted by Gasteiger charge is 2.34. The Hall–Kier alpha value is -1.10.